The number of unbranched alkanes of at least 4 members (excludes halogenated alkanes) is 1. The maximum Gasteiger partial charge on any atom is 0.150 e. The van der Waals surface area contributed by atoms with Crippen LogP contribution in [0.2, 0.25) is 0 Å². The van der Waals surface area contributed by atoms with Crippen molar-refractivity contribution in [2.45, 2.75) is 79.7 Å². The van der Waals surface area contributed by atoms with Crippen LogP contribution in [0.25, 0.3) is 0 Å². The van der Waals surface area contributed by atoms with Gasteiger partial charge in [-0.25, -0.2) is 0 Å². The Labute approximate surface area is 172 Å². The Kier molecular flexibility index (Phi) is 12.9. The zero-order valence-electron chi connectivity index (χ0n) is 18.8. The van der Waals surface area contributed by atoms with E-state index in [9.17, 15) is 9.59 Å². The van der Waals surface area contributed by atoms with Crippen molar-refractivity contribution in [2.75, 3.05) is 6.54 Å². The molecule has 0 aliphatic heterocycles. The van der Waals surface area contributed by atoms with Gasteiger partial charge in [-0.3, -0.25) is 9.59 Å². The van der Waals surface area contributed by atoms with Gasteiger partial charge in [0.05, 0.1) is 6.04 Å². The van der Waals surface area contributed by atoms with Crippen LogP contribution in [-0.4, -0.2) is 24.2 Å². The van der Waals surface area contributed by atoms with Crippen LogP contribution in [0.5, 0.6) is 0 Å². The quantitative estimate of drug-likeness (QED) is 0.574. The van der Waals surface area contributed by atoms with Gasteiger partial charge >= 0.3 is 0 Å². The highest BCUT2D eigenvalue weighted by atomic mass is 16.1. The first kappa shape index (κ1) is 26.5. The standard InChI is InChI=1S/C20H32N2O2.C4H10/c1-20(2,3)19(24)16(11-7-8-12-21)14-18(23)17(22)13-15-9-5-4-6-10-15;1-4(2)3/h4-6,9-10,16-17H,7-8,11-14,21-22H2,1-3H3;4H,1-3H3. The molecule has 0 bridgehead atoms. The Bertz CT molecular complexity index is 559. The predicted octanol–water partition coefficient (Wildman–Crippen LogP) is 4.54. The lowest BCUT2D eigenvalue weighted by Gasteiger charge is -2.25. The number of benzene rings is 1. The van der Waals surface area contributed by atoms with E-state index in [0.29, 0.717) is 19.4 Å². The lowest BCUT2D eigenvalue weighted by Crippen LogP contribution is -2.37. The van der Waals surface area contributed by atoms with Gasteiger partial charge in [-0.05, 0) is 37.3 Å². The summed E-state index contributed by atoms with van der Waals surface area (Å²) in [6.07, 6.45) is 3.19. The van der Waals surface area contributed by atoms with Crippen LogP contribution in [0.4, 0.5) is 0 Å². The lowest BCUT2D eigenvalue weighted by atomic mass is 9.78. The third-order valence-electron chi connectivity index (χ3n) is 4.28. The molecule has 0 aliphatic carbocycles. The smallest absolute Gasteiger partial charge is 0.150 e. The molecule has 0 saturated carbocycles. The Balaban J connectivity index is 0.00000165. The molecule has 4 heteroatoms. The first-order chi connectivity index (χ1) is 13.0. The van der Waals surface area contributed by atoms with Gasteiger partial charge in [-0.15, -0.1) is 0 Å². The zero-order chi connectivity index (χ0) is 21.7. The van der Waals surface area contributed by atoms with Crippen LogP contribution < -0.4 is 11.5 Å². The monoisotopic (exact) mass is 390 g/mol. The summed E-state index contributed by atoms with van der Waals surface area (Å²) in [4.78, 5) is 25.2. The van der Waals surface area contributed by atoms with E-state index in [1.807, 2.05) is 51.1 Å². The summed E-state index contributed by atoms with van der Waals surface area (Å²) in [5, 5.41) is 0. The molecule has 2 atom stereocenters. The zero-order valence-corrected chi connectivity index (χ0v) is 18.8. The molecule has 2 unspecified atom stereocenters. The summed E-state index contributed by atoms with van der Waals surface area (Å²) < 4.78 is 0. The van der Waals surface area contributed by atoms with Gasteiger partial charge in [0.1, 0.15) is 5.78 Å². The largest absolute Gasteiger partial charge is 0.330 e. The van der Waals surface area contributed by atoms with Gasteiger partial charge in [-0.1, -0.05) is 78.3 Å². The van der Waals surface area contributed by atoms with Crippen molar-refractivity contribution in [3.05, 3.63) is 35.9 Å². The fraction of sp³-hybridized carbons (Fsp3) is 0.667. The Morgan fingerprint density at radius 2 is 1.54 bits per heavy atom. The molecule has 0 amide bonds. The van der Waals surface area contributed by atoms with Crippen LogP contribution >= 0.6 is 0 Å². The summed E-state index contributed by atoms with van der Waals surface area (Å²) in [7, 11) is 0. The van der Waals surface area contributed by atoms with Crippen LogP contribution in [0.15, 0.2) is 30.3 Å². The van der Waals surface area contributed by atoms with Crippen molar-refractivity contribution in [3.8, 4) is 0 Å². The normalized spacial score (nSPS) is 13.5. The minimum atomic E-state index is -0.558. The van der Waals surface area contributed by atoms with E-state index in [2.05, 4.69) is 20.8 Å². The van der Waals surface area contributed by atoms with Crippen LogP contribution in [0.1, 0.15) is 72.8 Å². The number of ketones is 2. The third-order valence-corrected chi connectivity index (χ3v) is 4.28. The van der Waals surface area contributed by atoms with Crippen molar-refractivity contribution in [2.24, 2.45) is 28.7 Å². The second-order valence-electron chi connectivity index (χ2n) is 9.29. The van der Waals surface area contributed by atoms with E-state index in [0.717, 1.165) is 24.3 Å². The SMILES string of the molecule is CC(C)(C)C(=O)C(CCCCN)CC(=O)C(N)Cc1ccccc1.CC(C)C. The second-order valence-corrected chi connectivity index (χ2v) is 9.29. The summed E-state index contributed by atoms with van der Waals surface area (Å²) in [5.74, 6) is 0.680. The third kappa shape index (κ3) is 12.0. The maximum atomic E-state index is 12.7. The summed E-state index contributed by atoms with van der Waals surface area (Å²) in [6.45, 7) is 12.8. The molecule has 0 aromatic heterocycles. The van der Waals surface area contributed by atoms with E-state index in [1.165, 1.54) is 0 Å². The Morgan fingerprint density at radius 3 is 2.00 bits per heavy atom. The first-order valence-electron chi connectivity index (χ1n) is 10.6. The van der Waals surface area contributed by atoms with Crippen LogP contribution in [0.3, 0.4) is 0 Å². The average molecular weight is 391 g/mol. The van der Waals surface area contributed by atoms with E-state index >= 15 is 0 Å². The molecule has 0 spiro atoms. The van der Waals surface area contributed by atoms with E-state index in [1.54, 1.807) is 0 Å². The molecule has 4 nitrogen and oxygen atoms in total. The van der Waals surface area contributed by atoms with Gasteiger partial charge < -0.3 is 11.5 Å². The fourth-order valence-electron chi connectivity index (χ4n) is 2.85. The van der Waals surface area contributed by atoms with Crippen LogP contribution in [0, 0.1) is 17.3 Å². The fourth-order valence-corrected chi connectivity index (χ4v) is 2.85. The molecular weight excluding hydrogens is 348 g/mol. The molecule has 0 heterocycles. The van der Waals surface area contributed by atoms with Gasteiger partial charge in [-0.2, -0.15) is 0 Å². The van der Waals surface area contributed by atoms with Crippen molar-refractivity contribution in [1.82, 2.24) is 0 Å². The molecule has 1 aromatic carbocycles. The van der Waals surface area contributed by atoms with Gasteiger partial charge in [0.2, 0.25) is 0 Å². The number of carbonyl (C=O) groups is 2. The number of hydrogen-bond donors (Lipinski definition) is 2. The highest BCUT2D eigenvalue weighted by molar-refractivity contribution is 5.92. The molecule has 0 aliphatic rings. The molecule has 160 valence electrons. The Hall–Kier alpha value is -1.52. The molecule has 1 aromatic rings. The summed E-state index contributed by atoms with van der Waals surface area (Å²) in [5.41, 5.74) is 12.2. The molecular formula is C24H42N2O2. The van der Waals surface area contributed by atoms with Crippen molar-refractivity contribution in [1.29, 1.82) is 0 Å². The molecule has 0 radical (unpaired) electrons. The number of nitrogens with two attached hydrogens (primary N) is 2. The molecule has 0 fully saturated rings. The van der Waals surface area contributed by atoms with Crippen molar-refractivity contribution in [3.63, 3.8) is 0 Å². The topological polar surface area (TPSA) is 86.2 Å². The maximum absolute atomic E-state index is 12.7. The minimum absolute atomic E-state index is 0.0331. The predicted molar refractivity (Wildman–Crippen MR) is 119 cm³/mol. The first-order valence-corrected chi connectivity index (χ1v) is 10.6. The highest BCUT2D eigenvalue weighted by Crippen LogP contribution is 2.26. The van der Waals surface area contributed by atoms with Gasteiger partial charge in [0.25, 0.3) is 0 Å². The Morgan fingerprint density at radius 1 is 1.00 bits per heavy atom. The van der Waals surface area contributed by atoms with E-state index < -0.39 is 11.5 Å². The molecule has 28 heavy (non-hydrogen) atoms. The summed E-state index contributed by atoms with van der Waals surface area (Å²) >= 11 is 0. The number of carbonyl (C=O) groups excluding carboxylic acids is 2. The van der Waals surface area contributed by atoms with E-state index in [4.69, 9.17) is 11.5 Å². The minimum Gasteiger partial charge on any atom is -0.330 e. The number of rotatable bonds is 10. The van der Waals surface area contributed by atoms with Gasteiger partial charge in [0.15, 0.2) is 5.78 Å². The van der Waals surface area contributed by atoms with Crippen molar-refractivity contribution >= 4 is 11.6 Å². The van der Waals surface area contributed by atoms with Crippen LogP contribution in [-0.2, 0) is 16.0 Å². The van der Waals surface area contributed by atoms with E-state index in [-0.39, 0.29) is 23.9 Å². The average Bonchev–Trinajstić information content (AvgIpc) is 2.59. The number of Topliss-reactive ketones (excluding diaryl/α,β-unsaturated/α-hetero) is 2. The lowest BCUT2D eigenvalue weighted by molar-refractivity contribution is -0.134. The molecule has 4 N–H and O–H groups in total. The van der Waals surface area contributed by atoms with Crippen molar-refractivity contribution < 1.29 is 9.59 Å². The summed E-state index contributed by atoms with van der Waals surface area (Å²) in [6, 6.07) is 9.18. The van der Waals surface area contributed by atoms with Gasteiger partial charge in [0, 0.05) is 17.8 Å². The second kappa shape index (κ2) is 13.6. The number of hydrogen-bond acceptors (Lipinski definition) is 4. The highest BCUT2D eigenvalue weighted by Gasteiger charge is 2.31. The molecule has 1 rings (SSSR count). The molecule has 0 saturated heterocycles.